The second-order valence-electron chi connectivity index (χ2n) is 3.92. The molecule has 0 saturated carbocycles. The molecule has 0 aliphatic rings. The van der Waals surface area contributed by atoms with E-state index in [9.17, 15) is 9.59 Å². The number of carbonyl (C=O) groups is 2. The van der Waals surface area contributed by atoms with Crippen LogP contribution in [-0.4, -0.2) is 17.2 Å². The Kier molecular flexibility index (Phi) is 6.67. The molecule has 108 valence electrons. The number of para-hydroxylation sites is 1. The fraction of sp³-hybridized carbons (Fsp3) is 0.286. The minimum absolute atomic E-state index is 0.0342. The molecule has 20 heavy (non-hydrogen) atoms. The number of allylic oxidation sites excluding steroid dienone is 1. The van der Waals surface area contributed by atoms with Gasteiger partial charge in [0.15, 0.2) is 5.75 Å². The van der Waals surface area contributed by atoms with E-state index >= 15 is 0 Å². The lowest BCUT2D eigenvalue weighted by atomic mass is 10.2. The van der Waals surface area contributed by atoms with Gasteiger partial charge in [0, 0.05) is 0 Å². The standard InChI is InChI=1S/C14H17NO5/c1-2-3-4-7-10-19-14(18)15-20-12-9-6-5-8-11(12)13(16)17/h5-10H,2-4H2,1H3,(H,15,18)(H,16,17)/b10-7+. The molecule has 0 fully saturated rings. The van der Waals surface area contributed by atoms with E-state index in [1.807, 2.05) is 5.48 Å². The van der Waals surface area contributed by atoms with E-state index in [1.165, 1.54) is 18.4 Å². The number of carboxylic acids is 1. The highest BCUT2D eigenvalue weighted by molar-refractivity contribution is 5.90. The molecule has 1 aromatic carbocycles. The molecule has 2 N–H and O–H groups in total. The van der Waals surface area contributed by atoms with E-state index in [0.29, 0.717) is 0 Å². The molecule has 0 radical (unpaired) electrons. The topological polar surface area (TPSA) is 84.9 Å². The Balaban J connectivity index is 2.41. The van der Waals surface area contributed by atoms with Gasteiger partial charge in [-0.1, -0.05) is 25.5 Å². The Bertz CT molecular complexity index is 484. The van der Waals surface area contributed by atoms with E-state index in [2.05, 4.69) is 6.92 Å². The molecule has 1 rings (SSSR count). The number of hydrogen-bond donors (Lipinski definition) is 2. The van der Waals surface area contributed by atoms with Crippen molar-refractivity contribution < 1.29 is 24.3 Å². The highest BCUT2D eigenvalue weighted by Crippen LogP contribution is 2.16. The van der Waals surface area contributed by atoms with Crippen LogP contribution < -0.4 is 10.3 Å². The third-order valence-corrected chi connectivity index (χ3v) is 2.36. The summed E-state index contributed by atoms with van der Waals surface area (Å²) >= 11 is 0. The molecule has 0 aliphatic heterocycles. The number of amides is 1. The zero-order valence-electron chi connectivity index (χ0n) is 11.2. The Morgan fingerprint density at radius 2 is 2.10 bits per heavy atom. The van der Waals surface area contributed by atoms with Gasteiger partial charge in [0.25, 0.3) is 0 Å². The second-order valence-corrected chi connectivity index (χ2v) is 3.92. The van der Waals surface area contributed by atoms with Crippen molar-refractivity contribution in [2.24, 2.45) is 0 Å². The molecular weight excluding hydrogens is 262 g/mol. The summed E-state index contributed by atoms with van der Waals surface area (Å²) in [5.74, 6) is -1.11. The van der Waals surface area contributed by atoms with Gasteiger partial charge in [-0.25, -0.2) is 9.59 Å². The SMILES string of the molecule is CCCC/C=C/OC(=O)NOc1ccccc1C(=O)O. The summed E-state index contributed by atoms with van der Waals surface area (Å²) in [4.78, 5) is 27.1. The summed E-state index contributed by atoms with van der Waals surface area (Å²) in [6.45, 7) is 2.06. The number of aromatic carboxylic acids is 1. The molecule has 0 heterocycles. The van der Waals surface area contributed by atoms with E-state index < -0.39 is 12.1 Å². The lowest BCUT2D eigenvalue weighted by molar-refractivity contribution is 0.0685. The third-order valence-electron chi connectivity index (χ3n) is 2.36. The maximum Gasteiger partial charge on any atom is 0.445 e. The Hall–Kier alpha value is -2.50. The maximum absolute atomic E-state index is 11.3. The van der Waals surface area contributed by atoms with Crippen molar-refractivity contribution in [3.05, 3.63) is 42.2 Å². The molecule has 6 nitrogen and oxygen atoms in total. The minimum atomic E-state index is -1.14. The number of hydrogen-bond acceptors (Lipinski definition) is 4. The van der Waals surface area contributed by atoms with Crippen LogP contribution in [0.15, 0.2) is 36.6 Å². The van der Waals surface area contributed by atoms with E-state index in [-0.39, 0.29) is 11.3 Å². The molecule has 6 heteroatoms. The van der Waals surface area contributed by atoms with Gasteiger partial charge < -0.3 is 14.7 Å². The quantitative estimate of drug-likeness (QED) is 0.455. The van der Waals surface area contributed by atoms with Gasteiger partial charge in [-0.15, -0.1) is 0 Å². The average Bonchev–Trinajstić information content (AvgIpc) is 2.45. The van der Waals surface area contributed by atoms with Crippen molar-refractivity contribution >= 4 is 12.1 Å². The van der Waals surface area contributed by atoms with E-state index in [0.717, 1.165) is 19.3 Å². The van der Waals surface area contributed by atoms with Crippen LogP contribution in [0.25, 0.3) is 0 Å². The lowest BCUT2D eigenvalue weighted by Gasteiger charge is -2.07. The van der Waals surface area contributed by atoms with Crippen LogP contribution in [0.1, 0.15) is 36.5 Å². The smallest absolute Gasteiger partial charge is 0.445 e. The first kappa shape index (κ1) is 15.6. The number of hydroxylamine groups is 1. The molecule has 1 aromatic rings. The number of carbonyl (C=O) groups excluding carboxylic acids is 1. The average molecular weight is 279 g/mol. The number of ether oxygens (including phenoxy) is 1. The van der Waals surface area contributed by atoms with Gasteiger partial charge in [-0.3, -0.25) is 0 Å². The summed E-state index contributed by atoms with van der Waals surface area (Å²) in [7, 11) is 0. The van der Waals surface area contributed by atoms with Crippen LogP contribution in [0.4, 0.5) is 4.79 Å². The molecule has 0 aromatic heterocycles. The first-order valence-electron chi connectivity index (χ1n) is 6.26. The number of unbranched alkanes of at least 4 members (excludes halogenated alkanes) is 2. The number of carboxylic acid groups (broad SMARTS) is 1. The normalized spacial score (nSPS) is 10.2. The predicted molar refractivity (Wildman–Crippen MR) is 72.3 cm³/mol. The summed E-state index contributed by atoms with van der Waals surface area (Å²) in [6, 6.07) is 5.96. The summed E-state index contributed by atoms with van der Waals surface area (Å²) in [5.41, 5.74) is 1.96. The van der Waals surface area contributed by atoms with Gasteiger partial charge >= 0.3 is 12.1 Å². The van der Waals surface area contributed by atoms with Crippen molar-refractivity contribution in [1.29, 1.82) is 0 Å². The summed E-state index contributed by atoms with van der Waals surface area (Å²) in [6.07, 6.45) is 5.09. The number of benzene rings is 1. The molecular formula is C14H17NO5. The zero-order chi connectivity index (χ0) is 14.8. The molecule has 0 unspecified atom stereocenters. The van der Waals surface area contributed by atoms with Crippen LogP contribution in [-0.2, 0) is 4.74 Å². The van der Waals surface area contributed by atoms with E-state index in [4.69, 9.17) is 14.7 Å². The fourth-order valence-corrected chi connectivity index (χ4v) is 1.35. The summed E-state index contributed by atoms with van der Waals surface area (Å²) < 4.78 is 4.71. The van der Waals surface area contributed by atoms with E-state index in [1.54, 1.807) is 18.2 Å². The monoisotopic (exact) mass is 279 g/mol. The Morgan fingerprint density at radius 1 is 1.35 bits per heavy atom. The van der Waals surface area contributed by atoms with Crippen LogP contribution >= 0.6 is 0 Å². The zero-order valence-corrected chi connectivity index (χ0v) is 11.2. The third kappa shape index (κ3) is 5.43. The van der Waals surface area contributed by atoms with Gasteiger partial charge in [0.2, 0.25) is 0 Å². The second kappa shape index (κ2) is 8.58. The highest BCUT2D eigenvalue weighted by atomic mass is 16.7. The maximum atomic E-state index is 11.3. The van der Waals surface area contributed by atoms with Crippen LogP contribution in [0.2, 0.25) is 0 Å². The largest absolute Gasteiger partial charge is 0.478 e. The minimum Gasteiger partial charge on any atom is -0.478 e. The van der Waals surface area contributed by atoms with Gasteiger partial charge in [-0.05, 0) is 31.1 Å². The van der Waals surface area contributed by atoms with Crippen molar-refractivity contribution in [1.82, 2.24) is 5.48 Å². The molecule has 1 amide bonds. The lowest BCUT2D eigenvalue weighted by Crippen LogP contribution is -2.27. The molecule has 0 atom stereocenters. The van der Waals surface area contributed by atoms with Gasteiger partial charge in [0.1, 0.15) is 5.56 Å². The van der Waals surface area contributed by atoms with Gasteiger partial charge in [-0.2, -0.15) is 5.48 Å². The summed E-state index contributed by atoms with van der Waals surface area (Å²) in [5, 5.41) is 8.92. The van der Waals surface area contributed by atoms with Crippen LogP contribution in [0.3, 0.4) is 0 Å². The van der Waals surface area contributed by atoms with Crippen molar-refractivity contribution in [2.75, 3.05) is 0 Å². The fourth-order valence-electron chi connectivity index (χ4n) is 1.35. The Labute approximate surface area is 117 Å². The Morgan fingerprint density at radius 3 is 2.80 bits per heavy atom. The number of rotatable bonds is 7. The first-order chi connectivity index (χ1) is 9.65. The first-order valence-corrected chi connectivity index (χ1v) is 6.26. The van der Waals surface area contributed by atoms with Crippen LogP contribution in [0.5, 0.6) is 5.75 Å². The molecule has 0 spiro atoms. The molecule has 0 saturated heterocycles. The molecule has 0 bridgehead atoms. The molecule has 0 aliphatic carbocycles. The predicted octanol–water partition coefficient (Wildman–Crippen LogP) is 3.11. The number of nitrogens with one attached hydrogen (secondary N) is 1. The van der Waals surface area contributed by atoms with Crippen molar-refractivity contribution in [3.63, 3.8) is 0 Å². The van der Waals surface area contributed by atoms with Crippen LogP contribution in [0, 0.1) is 0 Å². The van der Waals surface area contributed by atoms with Gasteiger partial charge in [0.05, 0.1) is 6.26 Å². The van der Waals surface area contributed by atoms with Crippen molar-refractivity contribution in [2.45, 2.75) is 26.2 Å². The van der Waals surface area contributed by atoms with Crippen molar-refractivity contribution in [3.8, 4) is 5.75 Å². The highest BCUT2D eigenvalue weighted by Gasteiger charge is 2.11.